The summed E-state index contributed by atoms with van der Waals surface area (Å²) in [5, 5.41) is 12.2. The highest BCUT2D eigenvalue weighted by atomic mass is 16.3. The third-order valence-electron chi connectivity index (χ3n) is 5.37. The van der Waals surface area contributed by atoms with Gasteiger partial charge < -0.3 is 15.3 Å². The lowest BCUT2D eigenvalue weighted by Gasteiger charge is -2.20. The molecular weight excluding hydrogens is 314 g/mol. The van der Waals surface area contributed by atoms with Gasteiger partial charge in [0.05, 0.1) is 0 Å². The molecule has 1 aromatic rings. The molecule has 25 heavy (non-hydrogen) atoms. The zero-order chi connectivity index (χ0) is 17.5. The second-order valence-corrected chi connectivity index (χ2v) is 7.45. The molecule has 0 bridgehead atoms. The first-order valence-electron chi connectivity index (χ1n) is 9.68. The molecule has 5 nitrogen and oxygen atoms in total. The van der Waals surface area contributed by atoms with E-state index in [2.05, 4.69) is 34.5 Å². The molecule has 0 radical (unpaired) electrons. The minimum Gasteiger partial charge on any atom is -0.396 e. The van der Waals surface area contributed by atoms with E-state index in [1.165, 1.54) is 44.3 Å². The summed E-state index contributed by atoms with van der Waals surface area (Å²) in [5.41, 5.74) is 2.48. The second-order valence-electron chi connectivity index (χ2n) is 7.45. The van der Waals surface area contributed by atoms with Crippen LogP contribution >= 0.6 is 0 Å². The van der Waals surface area contributed by atoms with Crippen molar-refractivity contribution in [3.63, 3.8) is 0 Å². The number of nitrogens with one attached hydrogen (secondary N) is 1. The molecule has 0 saturated carbocycles. The smallest absolute Gasteiger partial charge is 0.317 e. The number of urea groups is 1. The highest BCUT2D eigenvalue weighted by Gasteiger charge is 2.25. The summed E-state index contributed by atoms with van der Waals surface area (Å²) >= 11 is 0. The van der Waals surface area contributed by atoms with Crippen LogP contribution in [0.4, 0.5) is 4.79 Å². The lowest BCUT2D eigenvalue weighted by Crippen LogP contribution is -2.38. The predicted octanol–water partition coefficient (Wildman–Crippen LogP) is 2.59. The highest BCUT2D eigenvalue weighted by molar-refractivity contribution is 5.74. The molecule has 0 aliphatic carbocycles. The number of hydrogen-bond donors (Lipinski definition) is 2. The molecule has 2 aliphatic rings. The quantitative estimate of drug-likeness (QED) is 0.862. The Morgan fingerprint density at radius 1 is 1.12 bits per heavy atom. The van der Waals surface area contributed by atoms with E-state index in [-0.39, 0.29) is 18.6 Å². The Balaban J connectivity index is 1.48. The average molecular weight is 345 g/mol. The van der Waals surface area contributed by atoms with Crippen molar-refractivity contribution >= 4 is 6.03 Å². The maximum Gasteiger partial charge on any atom is 0.317 e. The van der Waals surface area contributed by atoms with E-state index >= 15 is 0 Å². The van der Waals surface area contributed by atoms with Crippen LogP contribution in [0.15, 0.2) is 24.3 Å². The zero-order valence-electron chi connectivity index (χ0n) is 15.1. The van der Waals surface area contributed by atoms with Crippen LogP contribution in [-0.4, -0.2) is 53.7 Å². The summed E-state index contributed by atoms with van der Waals surface area (Å²) < 4.78 is 0. The summed E-state index contributed by atoms with van der Waals surface area (Å²) in [6.45, 7) is 5.54. The molecule has 2 N–H and O–H groups in total. The van der Waals surface area contributed by atoms with E-state index in [9.17, 15) is 9.90 Å². The van der Waals surface area contributed by atoms with Gasteiger partial charge in [0.2, 0.25) is 0 Å². The Morgan fingerprint density at radius 2 is 1.88 bits per heavy atom. The van der Waals surface area contributed by atoms with Crippen LogP contribution in [0.25, 0.3) is 0 Å². The second kappa shape index (κ2) is 9.20. The van der Waals surface area contributed by atoms with Crippen LogP contribution in [0.2, 0.25) is 0 Å². The van der Waals surface area contributed by atoms with Crippen LogP contribution in [0.5, 0.6) is 0 Å². The number of rotatable bonds is 5. The summed E-state index contributed by atoms with van der Waals surface area (Å²) in [7, 11) is 0. The number of aliphatic hydroxyl groups is 1. The topological polar surface area (TPSA) is 55.8 Å². The molecule has 2 saturated heterocycles. The molecule has 138 valence electrons. The van der Waals surface area contributed by atoms with Gasteiger partial charge >= 0.3 is 6.03 Å². The maximum atomic E-state index is 12.2. The number of hydrogen-bond acceptors (Lipinski definition) is 3. The van der Waals surface area contributed by atoms with Crippen LogP contribution < -0.4 is 5.32 Å². The van der Waals surface area contributed by atoms with Gasteiger partial charge in [-0.3, -0.25) is 4.90 Å². The molecule has 2 amide bonds. The molecule has 3 rings (SSSR count). The van der Waals surface area contributed by atoms with Crippen LogP contribution in [0, 0.1) is 5.92 Å². The summed E-state index contributed by atoms with van der Waals surface area (Å²) in [5.74, 6) is 0.239. The first kappa shape index (κ1) is 18.2. The van der Waals surface area contributed by atoms with Gasteiger partial charge in [0, 0.05) is 38.7 Å². The van der Waals surface area contributed by atoms with Crippen molar-refractivity contribution in [3.05, 3.63) is 35.4 Å². The fraction of sp³-hybridized carbons (Fsp3) is 0.650. The predicted molar refractivity (Wildman–Crippen MR) is 99.2 cm³/mol. The van der Waals surface area contributed by atoms with E-state index in [4.69, 9.17) is 0 Å². The summed E-state index contributed by atoms with van der Waals surface area (Å²) in [6, 6.07) is 8.54. The number of nitrogens with zero attached hydrogens (tertiary/aromatic N) is 2. The minimum absolute atomic E-state index is 0.0196. The van der Waals surface area contributed by atoms with Crippen molar-refractivity contribution in [2.75, 3.05) is 32.8 Å². The Morgan fingerprint density at radius 3 is 2.60 bits per heavy atom. The fourth-order valence-corrected chi connectivity index (χ4v) is 3.85. The largest absolute Gasteiger partial charge is 0.396 e. The summed E-state index contributed by atoms with van der Waals surface area (Å²) in [4.78, 5) is 16.6. The average Bonchev–Trinajstić information content (AvgIpc) is 2.98. The van der Waals surface area contributed by atoms with Crippen molar-refractivity contribution in [1.82, 2.24) is 15.1 Å². The molecule has 2 heterocycles. The lowest BCUT2D eigenvalue weighted by atomic mass is 10.1. The van der Waals surface area contributed by atoms with E-state index in [0.717, 1.165) is 25.1 Å². The normalized spacial score (nSPS) is 22.0. The highest BCUT2D eigenvalue weighted by Crippen LogP contribution is 2.16. The zero-order valence-corrected chi connectivity index (χ0v) is 15.1. The first-order chi connectivity index (χ1) is 12.2. The number of aliphatic hydroxyl groups excluding tert-OH is 1. The van der Waals surface area contributed by atoms with Gasteiger partial charge in [0.1, 0.15) is 0 Å². The SMILES string of the molecule is O=C(NCc1cccc(CN2CCCCCC2)c1)N1CCC(CO)C1. The van der Waals surface area contributed by atoms with Gasteiger partial charge in [-0.1, -0.05) is 37.1 Å². The van der Waals surface area contributed by atoms with Crippen LogP contribution in [-0.2, 0) is 13.1 Å². The summed E-state index contributed by atoms with van der Waals surface area (Å²) in [6.07, 6.45) is 6.22. The standard InChI is InChI=1S/C20H31N3O2/c24-16-19-8-11-23(15-19)20(25)21-13-17-6-5-7-18(12-17)14-22-9-3-1-2-4-10-22/h5-7,12,19,24H,1-4,8-11,13-16H2,(H,21,25). The van der Waals surface area contributed by atoms with Gasteiger partial charge in [0.15, 0.2) is 0 Å². The van der Waals surface area contributed by atoms with Gasteiger partial charge in [-0.25, -0.2) is 4.79 Å². The fourth-order valence-electron chi connectivity index (χ4n) is 3.85. The van der Waals surface area contributed by atoms with Crippen LogP contribution in [0.3, 0.4) is 0 Å². The number of carbonyl (C=O) groups excluding carboxylic acids is 1. The number of amides is 2. The molecule has 5 heteroatoms. The number of carbonyl (C=O) groups is 1. The molecule has 0 spiro atoms. The molecule has 0 aromatic heterocycles. The van der Waals surface area contributed by atoms with Crippen molar-refractivity contribution in [2.45, 2.75) is 45.2 Å². The third-order valence-corrected chi connectivity index (χ3v) is 5.37. The molecule has 2 aliphatic heterocycles. The number of benzene rings is 1. The van der Waals surface area contributed by atoms with E-state index in [1.807, 2.05) is 4.90 Å². The first-order valence-corrected chi connectivity index (χ1v) is 9.68. The van der Waals surface area contributed by atoms with Crippen molar-refractivity contribution < 1.29 is 9.90 Å². The molecular formula is C20H31N3O2. The molecule has 2 fully saturated rings. The van der Waals surface area contributed by atoms with Crippen molar-refractivity contribution in [2.24, 2.45) is 5.92 Å². The van der Waals surface area contributed by atoms with Crippen molar-refractivity contribution in [3.8, 4) is 0 Å². The van der Waals surface area contributed by atoms with Gasteiger partial charge in [-0.05, 0) is 43.5 Å². The lowest BCUT2D eigenvalue weighted by molar-refractivity contribution is 0.198. The van der Waals surface area contributed by atoms with E-state index in [1.54, 1.807) is 0 Å². The Bertz CT molecular complexity index is 556. The van der Waals surface area contributed by atoms with E-state index in [0.29, 0.717) is 13.1 Å². The Labute approximate surface area is 151 Å². The monoisotopic (exact) mass is 345 g/mol. The van der Waals surface area contributed by atoms with E-state index < -0.39 is 0 Å². The minimum atomic E-state index is -0.0196. The molecule has 1 aromatic carbocycles. The Hall–Kier alpha value is -1.59. The molecule has 1 atom stereocenters. The van der Waals surface area contributed by atoms with Gasteiger partial charge in [0.25, 0.3) is 0 Å². The number of likely N-dealkylation sites (tertiary alicyclic amines) is 2. The molecule has 1 unspecified atom stereocenters. The maximum absolute atomic E-state index is 12.2. The van der Waals surface area contributed by atoms with Crippen molar-refractivity contribution in [1.29, 1.82) is 0 Å². The Kier molecular flexibility index (Phi) is 6.70. The third kappa shape index (κ3) is 5.44. The van der Waals surface area contributed by atoms with Gasteiger partial charge in [-0.15, -0.1) is 0 Å². The van der Waals surface area contributed by atoms with Crippen LogP contribution in [0.1, 0.15) is 43.2 Å². The van der Waals surface area contributed by atoms with Gasteiger partial charge in [-0.2, -0.15) is 0 Å².